The molecule has 4 heteroatoms. The molecule has 0 bridgehead atoms. The van der Waals surface area contributed by atoms with Crippen LogP contribution in [-0.4, -0.2) is 7.11 Å². The summed E-state index contributed by atoms with van der Waals surface area (Å²) in [6.45, 7) is 0. The Kier molecular flexibility index (Phi) is 3.40. The first kappa shape index (κ1) is 11.6. The molecule has 0 aliphatic heterocycles. The van der Waals surface area contributed by atoms with Crippen LogP contribution in [0.3, 0.4) is 0 Å². The van der Waals surface area contributed by atoms with Gasteiger partial charge in [-0.15, -0.1) is 0 Å². The quantitative estimate of drug-likeness (QED) is 0.843. The maximum Gasteiger partial charge on any atom is 0.150 e. The van der Waals surface area contributed by atoms with Crippen LogP contribution in [0.2, 0.25) is 5.02 Å². The highest BCUT2D eigenvalue weighted by Crippen LogP contribution is 2.31. The van der Waals surface area contributed by atoms with Crippen LogP contribution in [-0.2, 0) is 0 Å². The number of benzene rings is 2. The largest absolute Gasteiger partial charge is 0.497 e. The van der Waals surface area contributed by atoms with E-state index in [1.165, 1.54) is 0 Å². The van der Waals surface area contributed by atoms with Crippen molar-refractivity contribution >= 4 is 17.3 Å². The van der Waals surface area contributed by atoms with Crippen molar-refractivity contribution in [2.24, 2.45) is 0 Å². The van der Waals surface area contributed by atoms with Gasteiger partial charge < -0.3 is 15.2 Å². The predicted molar refractivity (Wildman–Crippen MR) is 68.9 cm³/mol. The number of methoxy groups -OCH3 is 1. The molecule has 88 valence electrons. The van der Waals surface area contributed by atoms with E-state index in [4.69, 9.17) is 26.8 Å². The Hall–Kier alpha value is -1.87. The van der Waals surface area contributed by atoms with Crippen LogP contribution in [0.25, 0.3) is 0 Å². The van der Waals surface area contributed by atoms with Gasteiger partial charge in [-0.05, 0) is 30.3 Å². The van der Waals surface area contributed by atoms with Crippen molar-refractivity contribution in [1.29, 1.82) is 0 Å². The lowest BCUT2D eigenvalue weighted by Crippen LogP contribution is -1.92. The van der Waals surface area contributed by atoms with Gasteiger partial charge in [-0.3, -0.25) is 0 Å². The molecule has 0 spiro atoms. The Balaban J connectivity index is 2.25. The number of nitrogen functional groups attached to an aromatic ring is 1. The lowest BCUT2D eigenvalue weighted by molar-refractivity contribution is 0.409. The summed E-state index contributed by atoms with van der Waals surface area (Å²) < 4.78 is 10.8. The van der Waals surface area contributed by atoms with Gasteiger partial charge in [0.05, 0.1) is 12.8 Å². The normalized spacial score (nSPS) is 10.0. The number of halogens is 1. The molecule has 0 aliphatic carbocycles. The number of hydrogen-bond donors (Lipinski definition) is 1. The Bertz CT molecular complexity index is 529. The molecule has 3 nitrogen and oxygen atoms in total. The van der Waals surface area contributed by atoms with E-state index < -0.39 is 0 Å². The number of nitrogens with two attached hydrogens (primary N) is 1. The first-order chi connectivity index (χ1) is 8.19. The summed E-state index contributed by atoms with van der Waals surface area (Å²) in [7, 11) is 1.61. The molecule has 0 saturated heterocycles. The molecule has 17 heavy (non-hydrogen) atoms. The van der Waals surface area contributed by atoms with E-state index in [0.29, 0.717) is 22.2 Å². The fourth-order valence-electron chi connectivity index (χ4n) is 1.40. The van der Waals surface area contributed by atoms with E-state index in [2.05, 4.69) is 0 Å². The SMILES string of the molecule is COc1cccc(Oc2ccc(Cl)cc2N)c1. The molecule has 2 N–H and O–H groups in total. The smallest absolute Gasteiger partial charge is 0.150 e. The highest BCUT2D eigenvalue weighted by molar-refractivity contribution is 6.30. The van der Waals surface area contributed by atoms with E-state index in [-0.39, 0.29) is 0 Å². The Morgan fingerprint density at radius 2 is 1.82 bits per heavy atom. The maximum atomic E-state index is 5.81. The first-order valence-corrected chi connectivity index (χ1v) is 5.44. The topological polar surface area (TPSA) is 44.5 Å². The van der Waals surface area contributed by atoms with E-state index in [9.17, 15) is 0 Å². The summed E-state index contributed by atoms with van der Waals surface area (Å²) in [6.07, 6.45) is 0. The van der Waals surface area contributed by atoms with Gasteiger partial charge >= 0.3 is 0 Å². The summed E-state index contributed by atoms with van der Waals surface area (Å²) in [5.74, 6) is 1.97. The zero-order valence-corrected chi connectivity index (χ0v) is 10.1. The van der Waals surface area contributed by atoms with Crippen LogP contribution < -0.4 is 15.2 Å². The third-order valence-corrected chi connectivity index (χ3v) is 2.48. The highest BCUT2D eigenvalue weighted by atomic mass is 35.5. The average Bonchev–Trinajstić information content (AvgIpc) is 2.33. The molecule has 0 saturated carbocycles. The number of ether oxygens (including phenoxy) is 2. The third-order valence-electron chi connectivity index (χ3n) is 2.24. The Morgan fingerprint density at radius 1 is 1.06 bits per heavy atom. The molecular formula is C13H12ClNO2. The molecule has 0 fully saturated rings. The van der Waals surface area contributed by atoms with E-state index in [1.54, 1.807) is 31.4 Å². The van der Waals surface area contributed by atoms with Crippen LogP contribution in [0.5, 0.6) is 17.2 Å². The van der Waals surface area contributed by atoms with Gasteiger partial charge in [0.1, 0.15) is 17.2 Å². The molecular weight excluding hydrogens is 238 g/mol. The molecule has 0 radical (unpaired) electrons. The van der Waals surface area contributed by atoms with Crippen LogP contribution in [0.1, 0.15) is 0 Å². The number of hydrogen-bond acceptors (Lipinski definition) is 3. The van der Waals surface area contributed by atoms with Gasteiger partial charge in [0.15, 0.2) is 0 Å². The van der Waals surface area contributed by atoms with Crippen molar-refractivity contribution in [2.45, 2.75) is 0 Å². The second kappa shape index (κ2) is 4.97. The van der Waals surface area contributed by atoms with E-state index >= 15 is 0 Å². The minimum absolute atomic E-state index is 0.500. The minimum Gasteiger partial charge on any atom is -0.497 e. The van der Waals surface area contributed by atoms with Crippen LogP contribution in [0, 0.1) is 0 Å². The van der Waals surface area contributed by atoms with Crippen LogP contribution >= 0.6 is 11.6 Å². The molecule has 2 aromatic carbocycles. The van der Waals surface area contributed by atoms with E-state index in [0.717, 1.165) is 5.75 Å². The van der Waals surface area contributed by atoms with Crippen LogP contribution in [0.15, 0.2) is 42.5 Å². The second-order valence-corrected chi connectivity index (χ2v) is 3.90. The summed E-state index contributed by atoms with van der Waals surface area (Å²) in [5.41, 5.74) is 6.30. The monoisotopic (exact) mass is 249 g/mol. The standard InChI is InChI=1S/C13H12ClNO2/c1-16-10-3-2-4-11(8-10)17-13-6-5-9(14)7-12(13)15/h2-8H,15H2,1H3. The van der Waals surface area contributed by atoms with Crippen molar-refractivity contribution in [1.82, 2.24) is 0 Å². The van der Waals surface area contributed by atoms with Gasteiger partial charge in [-0.2, -0.15) is 0 Å². The van der Waals surface area contributed by atoms with Crippen molar-refractivity contribution < 1.29 is 9.47 Å². The summed E-state index contributed by atoms with van der Waals surface area (Å²) in [5, 5.41) is 0.584. The molecule has 0 unspecified atom stereocenters. The Morgan fingerprint density at radius 3 is 2.53 bits per heavy atom. The van der Waals surface area contributed by atoms with Gasteiger partial charge in [-0.1, -0.05) is 17.7 Å². The van der Waals surface area contributed by atoms with E-state index in [1.807, 2.05) is 18.2 Å². The first-order valence-electron chi connectivity index (χ1n) is 5.06. The molecule has 0 heterocycles. The molecule has 2 rings (SSSR count). The van der Waals surface area contributed by atoms with Gasteiger partial charge in [0.25, 0.3) is 0 Å². The van der Waals surface area contributed by atoms with Gasteiger partial charge in [0.2, 0.25) is 0 Å². The maximum absolute atomic E-state index is 5.81. The molecule has 0 amide bonds. The molecule has 0 atom stereocenters. The van der Waals surface area contributed by atoms with Crippen molar-refractivity contribution in [3.63, 3.8) is 0 Å². The zero-order chi connectivity index (χ0) is 12.3. The summed E-state index contributed by atoms with van der Waals surface area (Å²) in [6, 6.07) is 12.4. The Labute approximate surface area is 105 Å². The molecule has 0 aromatic heterocycles. The average molecular weight is 250 g/mol. The van der Waals surface area contributed by atoms with Gasteiger partial charge in [0, 0.05) is 11.1 Å². The second-order valence-electron chi connectivity index (χ2n) is 3.46. The van der Waals surface area contributed by atoms with Gasteiger partial charge in [-0.25, -0.2) is 0 Å². The van der Waals surface area contributed by atoms with Crippen LogP contribution in [0.4, 0.5) is 5.69 Å². The predicted octanol–water partition coefficient (Wildman–Crippen LogP) is 3.72. The van der Waals surface area contributed by atoms with Crippen molar-refractivity contribution in [3.8, 4) is 17.2 Å². The molecule has 0 aliphatic rings. The number of rotatable bonds is 3. The fraction of sp³-hybridized carbons (Fsp3) is 0.0769. The lowest BCUT2D eigenvalue weighted by atomic mass is 10.3. The minimum atomic E-state index is 0.500. The fourth-order valence-corrected chi connectivity index (χ4v) is 1.58. The third kappa shape index (κ3) is 2.82. The van der Waals surface area contributed by atoms with Crippen molar-refractivity contribution in [3.05, 3.63) is 47.5 Å². The lowest BCUT2D eigenvalue weighted by Gasteiger charge is -2.09. The summed E-state index contributed by atoms with van der Waals surface area (Å²) in [4.78, 5) is 0. The zero-order valence-electron chi connectivity index (χ0n) is 9.31. The molecule has 2 aromatic rings. The summed E-state index contributed by atoms with van der Waals surface area (Å²) >= 11 is 5.81. The number of anilines is 1. The highest BCUT2D eigenvalue weighted by Gasteiger charge is 2.03. The van der Waals surface area contributed by atoms with Crippen molar-refractivity contribution in [2.75, 3.05) is 12.8 Å².